The summed E-state index contributed by atoms with van der Waals surface area (Å²) < 4.78 is 0. The van der Waals surface area contributed by atoms with Crippen LogP contribution in [0.5, 0.6) is 0 Å². The summed E-state index contributed by atoms with van der Waals surface area (Å²) in [6, 6.07) is 0. The van der Waals surface area contributed by atoms with E-state index < -0.39 is 0 Å². The quantitative estimate of drug-likeness (QED) is 0.617. The molecule has 1 fully saturated rings. The first-order chi connectivity index (χ1) is 5.86. The zero-order valence-corrected chi connectivity index (χ0v) is 7.68. The van der Waals surface area contributed by atoms with Gasteiger partial charge in [-0.25, -0.2) is 0 Å². The number of rotatable bonds is 1. The molecule has 64 valence electrons. The van der Waals surface area contributed by atoms with Crippen LogP contribution in [0, 0.1) is 0 Å². The summed E-state index contributed by atoms with van der Waals surface area (Å²) in [5, 5.41) is 8.87. The maximum atomic E-state index is 4.03. The van der Waals surface area contributed by atoms with Crippen LogP contribution < -0.4 is 4.90 Å². The Kier molecular flexibility index (Phi) is 2.08. The molecular formula is C8H11N3S. The van der Waals surface area contributed by atoms with Crippen molar-refractivity contribution in [2.45, 2.75) is 12.8 Å². The molecule has 0 unspecified atom stereocenters. The molecule has 4 heteroatoms. The smallest absolute Gasteiger partial charge is 0.208 e. The van der Waals surface area contributed by atoms with E-state index in [2.05, 4.69) is 21.7 Å². The van der Waals surface area contributed by atoms with Crippen LogP contribution in [-0.2, 0) is 0 Å². The average molecular weight is 181 g/mol. The number of anilines is 1. The molecule has 1 saturated heterocycles. The van der Waals surface area contributed by atoms with Gasteiger partial charge in [-0.15, -0.1) is 10.2 Å². The molecule has 0 N–H and O–H groups in total. The van der Waals surface area contributed by atoms with Gasteiger partial charge in [-0.05, 0) is 12.8 Å². The van der Waals surface area contributed by atoms with Gasteiger partial charge in [-0.2, -0.15) is 0 Å². The second kappa shape index (κ2) is 3.23. The summed E-state index contributed by atoms with van der Waals surface area (Å²) in [5.41, 5.74) is 3.07. The van der Waals surface area contributed by atoms with Crippen LogP contribution >= 0.6 is 11.3 Å². The van der Waals surface area contributed by atoms with E-state index >= 15 is 0 Å². The van der Waals surface area contributed by atoms with Gasteiger partial charge in [0.25, 0.3) is 0 Å². The molecule has 1 aliphatic heterocycles. The average Bonchev–Trinajstić information content (AvgIpc) is 2.56. The Hall–Kier alpha value is -0.900. The predicted molar refractivity (Wildman–Crippen MR) is 50.5 cm³/mol. The van der Waals surface area contributed by atoms with Crippen LogP contribution in [0.15, 0.2) is 17.7 Å². The van der Waals surface area contributed by atoms with Crippen molar-refractivity contribution in [1.82, 2.24) is 10.2 Å². The number of nitrogens with zero attached hydrogens (tertiary/aromatic N) is 3. The first-order valence-electron chi connectivity index (χ1n) is 4.04. The van der Waals surface area contributed by atoms with Crippen molar-refractivity contribution in [2.75, 3.05) is 18.0 Å². The predicted octanol–water partition coefficient (Wildman–Crippen LogP) is 1.69. The standard InChI is InChI=1S/C8H11N3S/c1-7-3-2-4-11(5-7)8-10-9-6-12-8/h6H,1-5H2. The molecule has 0 aliphatic carbocycles. The molecule has 0 aromatic carbocycles. The second-order valence-corrected chi connectivity index (χ2v) is 3.81. The van der Waals surface area contributed by atoms with Gasteiger partial charge in [0.05, 0.1) is 0 Å². The number of aromatic nitrogens is 2. The molecule has 1 aromatic rings. The van der Waals surface area contributed by atoms with Crippen molar-refractivity contribution >= 4 is 16.5 Å². The van der Waals surface area contributed by atoms with E-state index in [4.69, 9.17) is 0 Å². The molecule has 0 saturated carbocycles. The third-order valence-corrected chi connectivity index (χ3v) is 2.74. The highest BCUT2D eigenvalue weighted by Gasteiger charge is 2.15. The zero-order chi connectivity index (χ0) is 8.39. The Morgan fingerprint density at radius 1 is 1.58 bits per heavy atom. The minimum absolute atomic E-state index is 0.954. The van der Waals surface area contributed by atoms with E-state index in [0.717, 1.165) is 24.6 Å². The first kappa shape index (κ1) is 7.73. The normalized spacial score (nSPS) is 18.3. The molecule has 2 heterocycles. The van der Waals surface area contributed by atoms with Crippen molar-refractivity contribution in [3.63, 3.8) is 0 Å². The Labute approximate surface area is 75.7 Å². The maximum absolute atomic E-state index is 4.03. The SMILES string of the molecule is C=C1CCCN(c2nncs2)C1. The zero-order valence-electron chi connectivity index (χ0n) is 6.86. The van der Waals surface area contributed by atoms with Crippen molar-refractivity contribution in [2.24, 2.45) is 0 Å². The molecule has 0 radical (unpaired) electrons. The summed E-state index contributed by atoms with van der Waals surface area (Å²) in [4.78, 5) is 2.24. The third kappa shape index (κ3) is 1.48. The van der Waals surface area contributed by atoms with Crippen LogP contribution in [-0.4, -0.2) is 23.3 Å². The van der Waals surface area contributed by atoms with E-state index in [1.54, 1.807) is 16.8 Å². The van der Waals surface area contributed by atoms with Gasteiger partial charge in [0.15, 0.2) is 0 Å². The van der Waals surface area contributed by atoms with E-state index in [0.29, 0.717) is 0 Å². The lowest BCUT2D eigenvalue weighted by Gasteiger charge is -2.27. The molecular weight excluding hydrogens is 170 g/mol. The van der Waals surface area contributed by atoms with Crippen LogP contribution in [0.4, 0.5) is 5.13 Å². The highest BCUT2D eigenvalue weighted by Crippen LogP contribution is 2.22. The highest BCUT2D eigenvalue weighted by molar-refractivity contribution is 7.13. The highest BCUT2D eigenvalue weighted by atomic mass is 32.1. The third-order valence-electron chi connectivity index (χ3n) is 1.99. The molecule has 0 atom stereocenters. The molecule has 12 heavy (non-hydrogen) atoms. The molecule has 3 nitrogen and oxygen atoms in total. The summed E-state index contributed by atoms with van der Waals surface area (Å²) in [6.45, 7) is 6.03. The fourth-order valence-corrected chi connectivity index (χ4v) is 2.00. The molecule has 0 spiro atoms. The van der Waals surface area contributed by atoms with Crippen molar-refractivity contribution in [3.8, 4) is 0 Å². The summed E-state index contributed by atoms with van der Waals surface area (Å²) in [7, 11) is 0. The van der Waals surface area contributed by atoms with Gasteiger partial charge in [0.1, 0.15) is 5.51 Å². The lowest BCUT2D eigenvalue weighted by atomic mass is 10.1. The number of hydrogen-bond acceptors (Lipinski definition) is 4. The Morgan fingerprint density at radius 2 is 2.50 bits per heavy atom. The van der Waals surface area contributed by atoms with Crippen LogP contribution in [0.25, 0.3) is 0 Å². The Morgan fingerprint density at radius 3 is 3.17 bits per heavy atom. The molecule has 0 amide bonds. The fourth-order valence-electron chi connectivity index (χ4n) is 1.42. The monoisotopic (exact) mass is 181 g/mol. The Balaban J connectivity index is 2.09. The minimum Gasteiger partial charge on any atom is -0.343 e. The molecule has 1 aliphatic rings. The van der Waals surface area contributed by atoms with Crippen LogP contribution in [0.3, 0.4) is 0 Å². The van der Waals surface area contributed by atoms with Gasteiger partial charge in [0.2, 0.25) is 5.13 Å². The molecule has 1 aromatic heterocycles. The fraction of sp³-hybridized carbons (Fsp3) is 0.500. The summed E-state index contributed by atoms with van der Waals surface area (Å²) >= 11 is 1.59. The van der Waals surface area contributed by atoms with Gasteiger partial charge in [0, 0.05) is 13.1 Å². The van der Waals surface area contributed by atoms with Crippen LogP contribution in [0.2, 0.25) is 0 Å². The minimum atomic E-state index is 0.954. The summed E-state index contributed by atoms with van der Waals surface area (Å²) in [5.74, 6) is 0. The van der Waals surface area contributed by atoms with Crippen molar-refractivity contribution in [3.05, 3.63) is 17.7 Å². The van der Waals surface area contributed by atoms with E-state index in [1.165, 1.54) is 12.0 Å². The van der Waals surface area contributed by atoms with Crippen molar-refractivity contribution in [1.29, 1.82) is 0 Å². The van der Waals surface area contributed by atoms with Crippen molar-refractivity contribution < 1.29 is 0 Å². The molecule has 0 bridgehead atoms. The lowest BCUT2D eigenvalue weighted by molar-refractivity contribution is 0.675. The summed E-state index contributed by atoms with van der Waals surface area (Å²) in [6.07, 6.45) is 2.35. The first-order valence-corrected chi connectivity index (χ1v) is 4.92. The van der Waals surface area contributed by atoms with Gasteiger partial charge < -0.3 is 4.90 Å². The van der Waals surface area contributed by atoms with Gasteiger partial charge >= 0.3 is 0 Å². The van der Waals surface area contributed by atoms with Gasteiger partial charge in [-0.3, -0.25) is 0 Å². The Bertz CT molecular complexity index is 268. The van der Waals surface area contributed by atoms with Crippen LogP contribution in [0.1, 0.15) is 12.8 Å². The lowest BCUT2D eigenvalue weighted by Crippen LogP contribution is -2.30. The second-order valence-electron chi connectivity index (χ2n) is 3.00. The number of hydrogen-bond donors (Lipinski definition) is 0. The molecule has 2 rings (SSSR count). The maximum Gasteiger partial charge on any atom is 0.208 e. The topological polar surface area (TPSA) is 29.0 Å². The largest absolute Gasteiger partial charge is 0.343 e. The van der Waals surface area contributed by atoms with E-state index in [1.807, 2.05) is 0 Å². The van der Waals surface area contributed by atoms with Gasteiger partial charge in [-0.1, -0.05) is 23.5 Å². The van der Waals surface area contributed by atoms with E-state index in [9.17, 15) is 0 Å². The number of piperidine rings is 1. The van der Waals surface area contributed by atoms with E-state index in [-0.39, 0.29) is 0 Å².